The molecule has 0 fully saturated rings. The molecule has 0 saturated carbocycles. The van der Waals surface area contributed by atoms with Crippen molar-refractivity contribution in [1.82, 2.24) is 0 Å². The molecule has 86 valence electrons. The van der Waals surface area contributed by atoms with E-state index < -0.39 is 0 Å². The fourth-order valence-electron chi connectivity index (χ4n) is 1.52. The number of rotatable bonds is 2. The third kappa shape index (κ3) is 2.06. The number of phenols is 2. The number of ketones is 1. The van der Waals surface area contributed by atoms with E-state index in [0.717, 1.165) is 0 Å². The fraction of sp³-hybridized carbons (Fsp3) is 0. The average molecular weight is 229 g/mol. The van der Waals surface area contributed by atoms with Crippen LogP contribution in [-0.2, 0) is 0 Å². The molecule has 2 aromatic carbocycles. The number of carbonyl (C=O) groups excluding carboxylic acids is 1. The lowest BCUT2D eigenvalue weighted by molar-refractivity contribution is 0.103. The van der Waals surface area contributed by atoms with Crippen molar-refractivity contribution in [3.63, 3.8) is 0 Å². The summed E-state index contributed by atoms with van der Waals surface area (Å²) in [7, 11) is 0. The van der Waals surface area contributed by atoms with Crippen molar-refractivity contribution in [2.24, 2.45) is 0 Å². The second-order valence-corrected chi connectivity index (χ2v) is 3.62. The smallest absolute Gasteiger partial charge is 0.196 e. The quantitative estimate of drug-likeness (QED) is 0.417. The van der Waals surface area contributed by atoms with Gasteiger partial charge in [-0.2, -0.15) is 0 Å². The number of phenolic OH excluding ortho intramolecular Hbond substituents is 2. The molecule has 0 heterocycles. The average Bonchev–Trinajstić information content (AvgIpc) is 2.32. The Morgan fingerprint density at radius 3 is 2.35 bits per heavy atom. The Labute approximate surface area is 97.9 Å². The Balaban J connectivity index is 2.44. The van der Waals surface area contributed by atoms with Crippen molar-refractivity contribution in [1.29, 1.82) is 0 Å². The van der Waals surface area contributed by atoms with Gasteiger partial charge in [0, 0.05) is 5.56 Å². The molecule has 0 unspecified atom stereocenters. The van der Waals surface area contributed by atoms with E-state index in [1.165, 1.54) is 30.3 Å². The van der Waals surface area contributed by atoms with Crippen LogP contribution in [0.2, 0.25) is 0 Å². The van der Waals surface area contributed by atoms with Gasteiger partial charge in [0.05, 0.1) is 11.3 Å². The number of anilines is 1. The molecular weight excluding hydrogens is 218 g/mol. The second kappa shape index (κ2) is 4.17. The highest BCUT2D eigenvalue weighted by molar-refractivity contribution is 6.11. The fourth-order valence-corrected chi connectivity index (χ4v) is 1.52. The van der Waals surface area contributed by atoms with Gasteiger partial charge in [-0.15, -0.1) is 0 Å². The van der Waals surface area contributed by atoms with Gasteiger partial charge in [0.1, 0.15) is 11.5 Å². The normalized spacial score (nSPS) is 10.1. The first-order valence-electron chi connectivity index (χ1n) is 5.01. The monoisotopic (exact) mass is 229 g/mol. The molecule has 4 N–H and O–H groups in total. The molecule has 0 bridgehead atoms. The van der Waals surface area contributed by atoms with Crippen LogP contribution in [0.15, 0.2) is 42.5 Å². The lowest BCUT2D eigenvalue weighted by atomic mass is 10.0. The molecule has 0 radical (unpaired) electrons. The SMILES string of the molecule is Nc1cc(C(=O)c2ccccc2O)ccc1O. The zero-order chi connectivity index (χ0) is 12.4. The summed E-state index contributed by atoms with van der Waals surface area (Å²) < 4.78 is 0. The minimum atomic E-state index is -0.338. The van der Waals surface area contributed by atoms with Crippen LogP contribution in [0.3, 0.4) is 0 Å². The van der Waals surface area contributed by atoms with Gasteiger partial charge >= 0.3 is 0 Å². The Morgan fingerprint density at radius 1 is 1.00 bits per heavy atom. The minimum absolute atomic E-state index is 0.0705. The number of hydrogen-bond donors (Lipinski definition) is 3. The van der Waals surface area contributed by atoms with Crippen LogP contribution in [-0.4, -0.2) is 16.0 Å². The molecule has 17 heavy (non-hydrogen) atoms. The number of nitrogen functional groups attached to an aromatic ring is 1. The summed E-state index contributed by atoms with van der Waals surface area (Å²) >= 11 is 0. The summed E-state index contributed by atoms with van der Waals surface area (Å²) in [6.07, 6.45) is 0. The number of hydrogen-bond acceptors (Lipinski definition) is 4. The van der Waals surface area contributed by atoms with Crippen LogP contribution in [0, 0.1) is 0 Å². The third-order valence-corrected chi connectivity index (χ3v) is 2.44. The summed E-state index contributed by atoms with van der Waals surface area (Å²) in [5.41, 5.74) is 6.17. The Hall–Kier alpha value is -2.49. The van der Waals surface area contributed by atoms with Crippen molar-refractivity contribution in [3.05, 3.63) is 53.6 Å². The second-order valence-electron chi connectivity index (χ2n) is 3.62. The van der Waals surface area contributed by atoms with E-state index in [-0.39, 0.29) is 28.5 Å². The van der Waals surface area contributed by atoms with Crippen LogP contribution in [0.4, 0.5) is 5.69 Å². The van der Waals surface area contributed by atoms with Gasteiger partial charge in [0.15, 0.2) is 5.78 Å². The van der Waals surface area contributed by atoms with Gasteiger partial charge in [0.25, 0.3) is 0 Å². The van der Waals surface area contributed by atoms with Crippen LogP contribution in [0.1, 0.15) is 15.9 Å². The number of carbonyl (C=O) groups is 1. The zero-order valence-corrected chi connectivity index (χ0v) is 8.92. The van der Waals surface area contributed by atoms with Crippen molar-refractivity contribution in [2.75, 3.05) is 5.73 Å². The molecular formula is C13H11NO3. The van der Waals surface area contributed by atoms with Crippen molar-refractivity contribution >= 4 is 11.5 Å². The van der Waals surface area contributed by atoms with E-state index in [1.807, 2.05) is 0 Å². The molecule has 4 nitrogen and oxygen atoms in total. The molecule has 0 atom stereocenters. The largest absolute Gasteiger partial charge is 0.507 e. The highest BCUT2D eigenvalue weighted by Gasteiger charge is 2.13. The highest BCUT2D eigenvalue weighted by atomic mass is 16.3. The van der Waals surface area contributed by atoms with Crippen molar-refractivity contribution in [2.45, 2.75) is 0 Å². The van der Waals surface area contributed by atoms with Crippen LogP contribution in [0.5, 0.6) is 11.5 Å². The summed E-state index contributed by atoms with van der Waals surface area (Å²) in [5.74, 6) is -0.488. The van der Waals surface area contributed by atoms with Crippen LogP contribution in [0.25, 0.3) is 0 Å². The van der Waals surface area contributed by atoms with E-state index in [1.54, 1.807) is 12.1 Å². The van der Waals surface area contributed by atoms with Gasteiger partial charge in [0.2, 0.25) is 0 Å². The third-order valence-electron chi connectivity index (χ3n) is 2.44. The molecule has 2 aromatic rings. The van der Waals surface area contributed by atoms with E-state index in [9.17, 15) is 15.0 Å². The van der Waals surface area contributed by atoms with E-state index in [4.69, 9.17) is 5.73 Å². The Bertz CT molecular complexity index is 579. The molecule has 0 aromatic heterocycles. The van der Waals surface area contributed by atoms with E-state index >= 15 is 0 Å². The highest BCUT2D eigenvalue weighted by Crippen LogP contribution is 2.24. The maximum atomic E-state index is 12.0. The topological polar surface area (TPSA) is 83.6 Å². The number of aromatic hydroxyl groups is 2. The molecule has 4 heteroatoms. The van der Waals surface area contributed by atoms with Crippen molar-refractivity contribution < 1.29 is 15.0 Å². The van der Waals surface area contributed by atoms with Gasteiger partial charge in [-0.1, -0.05) is 12.1 Å². The first-order chi connectivity index (χ1) is 8.09. The lowest BCUT2D eigenvalue weighted by Gasteiger charge is -2.05. The zero-order valence-electron chi connectivity index (χ0n) is 8.92. The molecule has 0 saturated heterocycles. The molecule has 2 rings (SSSR count). The van der Waals surface area contributed by atoms with Crippen molar-refractivity contribution in [3.8, 4) is 11.5 Å². The predicted octanol–water partition coefficient (Wildman–Crippen LogP) is 1.91. The first-order valence-corrected chi connectivity index (χ1v) is 5.01. The molecule has 0 aliphatic carbocycles. The summed E-state index contributed by atoms with van der Waals surface area (Å²) in [5, 5.41) is 18.8. The summed E-state index contributed by atoms with van der Waals surface area (Å²) in [4.78, 5) is 12.0. The van der Waals surface area contributed by atoms with E-state index in [0.29, 0.717) is 5.56 Å². The summed E-state index contributed by atoms with van der Waals surface area (Å²) in [6.45, 7) is 0. The Kier molecular flexibility index (Phi) is 2.70. The number of para-hydroxylation sites is 1. The van der Waals surface area contributed by atoms with Crippen LogP contribution < -0.4 is 5.73 Å². The minimum Gasteiger partial charge on any atom is -0.507 e. The predicted molar refractivity (Wildman–Crippen MR) is 64.1 cm³/mol. The van der Waals surface area contributed by atoms with Gasteiger partial charge < -0.3 is 15.9 Å². The lowest BCUT2D eigenvalue weighted by Crippen LogP contribution is -2.02. The van der Waals surface area contributed by atoms with Gasteiger partial charge in [-0.3, -0.25) is 4.79 Å². The molecule has 0 aliphatic rings. The maximum absolute atomic E-state index is 12.0. The van der Waals surface area contributed by atoms with Gasteiger partial charge in [-0.05, 0) is 30.3 Å². The van der Waals surface area contributed by atoms with E-state index in [2.05, 4.69) is 0 Å². The molecule has 0 amide bonds. The molecule has 0 aliphatic heterocycles. The standard InChI is InChI=1S/C13H11NO3/c14-10-7-8(5-6-12(10)16)13(17)9-3-1-2-4-11(9)15/h1-7,15-16H,14H2. The number of benzene rings is 2. The van der Waals surface area contributed by atoms with Crippen LogP contribution >= 0.6 is 0 Å². The molecule has 0 spiro atoms. The number of nitrogens with two attached hydrogens (primary N) is 1. The van der Waals surface area contributed by atoms with Gasteiger partial charge in [-0.25, -0.2) is 0 Å². The maximum Gasteiger partial charge on any atom is 0.196 e. The Morgan fingerprint density at radius 2 is 1.71 bits per heavy atom. The first kappa shape index (κ1) is 11.0. The summed E-state index contributed by atoms with van der Waals surface area (Å²) in [6, 6.07) is 10.5.